The molecular formula is C11H12BrN5. The van der Waals surface area contributed by atoms with Crippen LogP contribution in [0, 0.1) is 0 Å². The Labute approximate surface area is 108 Å². The van der Waals surface area contributed by atoms with Crippen molar-refractivity contribution in [1.82, 2.24) is 19.5 Å². The number of nitrogens with zero attached hydrogens (tertiary/aromatic N) is 5. The van der Waals surface area contributed by atoms with Crippen LogP contribution in [-0.4, -0.2) is 32.6 Å². The van der Waals surface area contributed by atoms with Crippen LogP contribution in [-0.2, 0) is 13.0 Å². The van der Waals surface area contributed by atoms with Crippen LogP contribution in [0.3, 0.4) is 0 Å². The SMILES string of the molecule is Brc1cnc(N2CCc3nccn3CC2)nc1. The van der Waals surface area contributed by atoms with Crippen molar-refractivity contribution in [2.75, 3.05) is 18.0 Å². The molecule has 0 aliphatic carbocycles. The number of halogens is 1. The summed E-state index contributed by atoms with van der Waals surface area (Å²) in [7, 11) is 0. The zero-order valence-corrected chi connectivity index (χ0v) is 10.8. The summed E-state index contributed by atoms with van der Waals surface area (Å²) in [5.41, 5.74) is 0. The molecule has 0 radical (unpaired) electrons. The molecule has 0 fully saturated rings. The van der Waals surface area contributed by atoms with Gasteiger partial charge in [-0.25, -0.2) is 15.0 Å². The van der Waals surface area contributed by atoms with Crippen molar-refractivity contribution in [2.45, 2.75) is 13.0 Å². The number of hydrogen-bond donors (Lipinski definition) is 0. The van der Waals surface area contributed by atoms with E-state index in [2.05, 4.69) is 40.3 Å². The van der Waals surface area contributed by atoms with Gasteiger partial charge in [0.05, 0.1) is 4.47 Å². The second-order valence-electron chi connectivity index (χ2n) is 3.98. The fourth-order valence-electron chi connectivity index (χ4n) is 2.02. The molecule has 2 aromatic rings. The summed E-state index contributed by atoms with van der Waals surface area (Å²) < 4.78 is 3.10. The summed E-state index contributed by atoms with van der Waals surface area (Å²) in [4.78, 5) is 15.2. The molecule has 3 heterocycles. The minimum atomic E-state index is 0.791. The van der Waals surface area contributed by atoms with E-state index in [-0.39, 0.29) is 0 Å². The molecule has 1 aliphatic rings. The lowest BCUT2D eigenvalue weighted by molar-refractivity contribution is 0.680. The van der Waals surface area contributed by atoms with Crippen molar-refractivity contribution in [3.63, 3.8) is 0 Å². The molecule has 0 N–H and O–H groups in total. The average Bonchev–Trinajstić information content (AvgIpc) is 2.70. The van der Waals surface area contributed by atoms with E-state index in [1.807, 2.05) is 12.4 Å². The number of fused-ring (bicyclic) bond motifs is 1. The summed E-state index contributed by atoms with van der Waals surface area (Å²) in [5, 5.41) is 0. The topological polar surface area (TPSA) is 46.8 Å². The Hall–Kier alpha value is -1.43. The van der Waals surface area contributed by atoms with Gasteiger partial charge in [0.1, 0.15) is 5.82 Å². The fraction of sp³-hybridized carbons (Fsp3) is 0.364. The van der Waals surface area contributed by atoms with Gasteiger partial charge in [-0.3, -0.25) is 0 Å². The van der Waals surface area contributed by atoms with E-state index in [0.29, 0.717) is 0 Å². The molecule has 2 aromatic heterocycles. The minimum absolute atomic E-state index is 0.791. The molecule has 0 saturated heterocycles. The zero-order valence-electron chi connectivity index (χ0n) is 9.25. The maximum atomic E-state index is 4.35. The van der Waals surface area contributed by atoms with Gasteiger partial charge in [0, 0.05) is 50.8 Å². The lowest BCUT2D eigenvalue weighted by Crippen LogP contribution is -2.28. The molecule has 17 heavy (non-hydrogen) atoms. The third-order valence-corrected chi connectivity index (χ3v) is 3.32. The Morgan fingerprint density at radius 3 is 2.71 bits per heavy atom. The normalized spacial score (nSPS) is 15.5. The highest BCUT2D eigenvalue weighted by atomic mass is 79.9. The van der Waals surface area contributed by atoms with Gasteiger partial charge in [-0.15, -0.1) is 0 Å². The van der Waals surface area contributed by atoms with E-state index < -0.39 is 0 Å². The third kappa shape index (κ3) is 2.17. The lowest BCUT2D eigenvalue weighted by atomic mass is 10.4. The number of hydrogen-bond acceptors (Lipinski definition) is 4. The van der Waals surface area contributed by atoms with Gasteiger partial charge < -0.3 is 9.47 Å². The summed E-state index contributed by atoms with van der Waals surface area (Å²) in [6.45, 7) is 2.78. The zero-order chi connectivity index (χ0) is 11.7. The van der Waals surface area contributed by atoms with E-state index in [9.17, 15) is 0 Å². The van der Waals surface area contributed by atoms with Crippen molar-refractivity contribution < 1.29 is 0 Å². The molecule has 0 unspecified atom stereocenters. The van der Waals surface area contributed by atoms with E-state index in [1.165, 1.54) is 0 Å². The first kappa shape index (κ1) is 10.7. The Kier molecular flexibility index (Phi) is 2.80. The van der Waals surface area contributed by atoms with Crippen LogP contribution >= 0.6 is 15.9 Å². The molecule has 0 spiro atoms. The Morgan fingerprint density at radius 2 is 1.88 bits per heavy atom. The second-order valence-corrected chi connectivity index (χ2v) is 4.89. The molecule has 1 aliphatic heterocycles. The van der Waals surface area contributed by atoms with E-state index in [4.69, 9.17) is 0 Å². The van der Waals surface area contributed by atoms with Crippen molar-refractivity contribution in [2.24, 2.45) is 0 Å². The van der Waals surface area contributed by atoms with Gasteiger partial charge >= 0.3 is 0 Å². The van der Waals surface area contributed by atoms with Crippen molar-refractivity contribution in [1.29, 1.82) is 0 Å². The van der Waals surface area contributed by atoms with Crippen LogP contribution in [0.15, 0.2) is 29.3 Å². The summed E-state index contributed by atoms with van der Waals surface area (Å²) in [6.07, 6.45) is 8.40. The van der Waals surface area contributed by atoms with E-state index >= 15 is 0 Å². The van der Waals surface area contributed by atoms with Crippen molar-refractivity contribution in [3.8, 4) is 0 Å². The lowest BCUT2D eigenvalue weighted by Gasteiger charge is -2.19. The third-order valence-electron chi connectivity index (χ3n) is 2.91. The van der Waals surface area contributed by atoms with Crippen LogP contribution in [0.2, 0.25) is 0 Å². The maximum Gasteiger partial charge on any atom is 0.225 e. The molecule has 3 rings (SSSR count). The van der Waals surface area contributed by atoms with Gasteiger partial charge in [0.15, 0.2) is 0 Å². The van der Waals surface area contributed by atoms with Crippen LogP contribution in [0.4, 0.5) is 5.95 Å². The molecular weight excluding hydrogens is 282 g/mol. The van der Waals surface area contributed by atoms with Gasteiger partial charge in [0.25, 0.3) is 0 Å². The molecule has 0 bridgehead atoms. The van der Waals surface area contributed by atoms with Gasteiger partial charge in [-0.1, -0.05) is 0 Å². The largest absolute Gasteiger partial charge is 0.339 e. The Morgan fingerprint density at radius 1 is 1.06 bits per heavy atom. The maximum absolute atomic E-state index is 4.35. The highest BCUT2D eigenvalue weighted by Crippen LogP contribution is 2.14. The van der Waals surface area contributed by atoms with Crippen molar-refractivity contribution in [3.05, 3.63) is 35.1 Å². The molecule has 6 heteroatoms. The van der Waals surface area contributed by atoms with Crippen LogP contribution in [0.5, 0.6) is 0 Å². The van der Waals surface area contributed by atoms with Crippen molar-refractivity contribution >= 4 is 21.9 Å². The number of aromatic nitrogens is 4. The molecule has 0 saturated carbocycles. The Balaban J connectivity index is 1.79. The van der Waals surface area contributed by atoms with Gasteiger partial charge in [-0.2, -0.15) is 0 Å². The second kappa shape index (κ2) is 4.44. The number of imidazole rings is 1. The van der Waals surface area contributed by atoms with Gasteiger partial charge in [0.2, 0.25) is 5.95 Å². The highest BCUT2D eigenvalue weighted by molar-refractivity contribution is 9.10. The predicted molar refractivity (Wildman–Crippen MR) is 67.9 cm³/mol. The summed E-state index contributed by atoms with van der Waals surface area (Å²) in [5.74, 6) is 1.93. The van der Waals surface area contributed by atoms with Crippen LogP contribution < -0.4 is 4.90 Å². The highest BCUT2D eigenvalue weighted by Gasteiger charge is 2.15. The Bertz CT molecular complexity index is 484. The summed E-state index contributed by atoms with van der Waals surface area (Å²) >= 11 is 3.34. The van der Waals surface area contributed by atoms with Crippen LogP contribution in [0.1, 0.15) is 5.82 Å². The predicted octanol–water partition coefficient (Wildman–Crippen LogP) is 1.50. The molecule has 0 aromatic carbocycles. The molecule has 0 atom stereocenters. The molecule has 88 valence electrons. The first-order valence-corrected chi connectivity index (χ1v) is 6.35. The smallest absolute Gasteiger partial charge is 0.225 e. The summed E-state index contributed by atoms with van der Waals surface area (Å²) in [6, 6.07) is 0. The quantitative estimate of drug-likeness (QED) is 0.799. The number of rotatable bonds is 1. The van der Waals surface area contributed by atoms with Gasteiger partial charge in [-0.05, 0) is 15.9 Å². The first-order valence-electron chi connectivity index (χ1n) is 5.55. The molecule has 0 amide bonds. The van der Waals surface area contributed by atoms with Crippen LogP contribution in [0.25, 0.3) is 0 Å². The first-order chi connectivity index (χ1) is 8.33. The monoisotopic (exact) mass is 293 g/mol. The van der Waals surface area contributed by atoms with E-state index in [1.54, 1.807) is 12.4 Å². The number of anilines is 1. The van der Waals surface area contributed by atoms with E-state index in [0.717, 1.165) is 42.3 Å². The molecule has 5 nitrogen and oxygen atoms in total. The average molecular weight is 294 g/mol. The fourth-order valence-corrected chi connectivity index (χ4v) is 2.22. The standard InChI is InChI=1S/C11H12BrN5/c12-9-7-14-11(15-8-9)17-3-1-10-13-2-4-16(10)5-6-17/h2,4,7-8H,1,3,5-6H2. The minimum Gasteiger partial charge on any atom is -0.339 e.